The van der Waals surface area contributed by atoms with Gasteiger partial charge in [-0.05, 0) is 67.8 Å². The molecule has 2 heterocycles. The van der Waals surface area contributed by atoms with Gasteiger partial charge in [0.1, 0.15) is 6.04 Å². The second kappa shape index (κ2) is 10.5. The van der Waals surface area contributed by atoms with Crippen LogP contribution in [0, 0.1) is 0 Å². The minimum Gasteiger partial charge on any atom is -0.369 e. The fourth-order valence-corrected chi connectivity index (χ4v) is 4.58. The van der Waals surface area contributed by atoms with Crippen molar-refractivity contribution in [3.8, 4) is 0 Å². The normalized spacial score (nSPS) is 20.3. The minimum absolute atomic E-state index is 0.0444. The van der Waals surface area contributed by atoms with E-state index >= 15 is 0 Å². The molecule has 0 bridgehead atoms. The number of nitrogens with one attached hydrogen (secondary N) is 3. The summed E-state index contributed by atoms with van der Waals surface area (Å²) in [4.78, 5) is 40.5. The van der Waals surface area contributed by atoms with Gasteiger partial charge in [-0.3, -0.25) is 9.59 Å². The second-order valence-corrected chi connectivity index (χ2v) is 9.01. The van der Waals surface area contributed by atoms with Gasteiger partial charge in [0, 0.05) is 49.7 Å². The number of hydrogen-bond donors (Lipinski definition) is 3. The number of nitrogens with zero attached hydrogens (tertiary/aromatic N) is 2. The third-order valence-corrected chi connectivity index (χ3v) is 6.34. The van der Waals surface area contributed by atoms with Gasteiger partial charge < -0.3 is 25.8 Å². The van der Waals surface area contributed by atoms with Crippen LogP contribution >= 0.6 is 0 Å². The summed E-state index contributed by atoms with van der Waals surface area (Å²) in [5.41, 5.74) is 1.10. The van der Waals surface area contributed by atoms with Crippen molar-refractivity contribution in [1.82, 2.24) is 10.6 Å². The number of hydrogen-bond acceptors (Lipinski definition) is 4. The first kappa shape index (κ1) is 25.3. The number of urea groups is 1. The van der Waals surface area contributed by atoms with Crippen molar-refractivity contribution in [2.75, 3.05) is 34.8 Å². The molecule has 2 atom stereocenters. The van der Waals surface area contributed by atoms with Gasteiger partial charge in [0.05, 0.1) is 5.56 Å². The molecule has 2 aromatic carbocycles. The molecule has 8 nitrogen and oxygen atoms in total. The molecule has 192 valence electrons. The lowest BCUT2D eigenvalue weighted by Crippen LogP contribution is -2.53. The summed E-state index contributed by atoms with van der Waals surface area (Å²) >= 11 is 0. The Balaban J connectivity index is 1.33. The van der Waals surface area contributed by atoms with Gasteiger partial charge in [-0.2, -0.15) is 13.2 Å². The monoisotopic (exact) mass is 503 g/mol. The summed E-state index contributed by atoms with van der Waals surface area (Å²) in [6, 6.07) is 10.4. The Kier molecular flexibility index (Phi) is 7.37. The standard InChI is InChI=1S/C25H28F3N5O3/c1-16(34)29-19-12-14-32(15-19)20-8-10-21(11-9-20)33-13-2-3-22(23(33)35)31-24(36)30-18-6-4-17(5-7-18)25(26,27)28/h4-11,19,22H,2-3,12-15H2,1H3,(H,29,34)(H2,30,31,36)/t19-,22-/m1/s1. The van der Waals surface area contributed by atoms with Crippen LogP contribution in [0.1, 0.15) is 31.7 Å². The van der Waals surface area contributed by atoms with Crippen molar-refractivity contribution >= 4 is 34.9 Å². The van der Waals surface area contributed by atoms with Crippen LogP contribution in [-0.2, 0) is 15.8 Å². The van der Waals surface area contributed by atoms with Crippen molar-refractivity contribution in [2.45, 2.75) is 44.4 Å². The van der Waals surface area contributed by atoms with Crippen molar-refractivity contribution in [3.63, 3.8) is 0 Å². The Labute approximate surface area is 206 Å². The summed E-state index contributed by atoms with van der Waals surface area (Å²) in [5.74, 6) is -0.291. The third kappa shape index (κ3) is 6.07. The highest BCUT2D eigenvalue weighted by Gasteiger charge is 2.32. The average molecular weight is 504 g/mol. The average Bonchev–Trinajstić information content (AvgIpc) is 3.28. The first-order valence-electron chi connectivity index (χ1n) is 11.8. The van der Waals surface area contributed by atoms with Crippen LogP contribution in [0.3, 0.4) is 0 Å². The number of alkyl halides is 3. The largest absolute Gasteiger partial charge is 0.416 e. The fraction of sp³-hybridized carbons (Fsp3) is 0.400. The summed E-state index contributed by atoms with van der Waals surface area (Å²) in [5, 5.41) is 8.05. The van der Waals surface area contributed by atoms with Gasteiger partial charge in [0.25, 0.3) is 0 Å². The molecule has 0 spiro atoms. The summed E-state index contributed by atoms with van der Waals surface area (Å²) in [7, 11) is 0. The molecular weight excluding hydrogens is 475 g/mol. The van der Waals surface area contributed by atoms with Crippen LogP contribution in [0.2, 0.25) is 0 Å². The molecule has 4 rings (SSSR count). The highest BCUT2D eigenvalue weighted by atomic mass is 19.4. The van der Waals surface area contributed by atoms with Crippen LogP contribution in [-0.4, -0.2) is 49.6 Å². The molecular formula is C25H28F3N5O3. The Morgan fingerprint density at radius 2 is 1.58 bits per heavy atom. The molecule has 0 radical (unpaired) electrons. The predicted molar refractivity (Wildman–Crippen MR) is 130 cm³/mol. The van der Waals surface area contributed by atoms with Crippen LogP contribution < -0.4 is 25.8 Å². The zero-order valence-corrected chi connectivity index (χ0v) is 19.8. The number of piperidine rings is 1. The highest BCUT2D eigenvalue weighted by molar-refractivity contribution is 6.01. The van der Waals surface area contributed by atoms with Crippen molar-refractivity contribution in [3.05, 3.63) is 54.1 Å². The van der Waals surface area contributed by atoms with E-state index < -0.39 is 23.8 Å². The van der Waals surface area contributed by atoms with E-state index in [1.165, 1.54) is 6.92 Å². The van der Waals surface area contributed by atoms with E-state index in [1.54, 1.807) is 4.90 Å². The Morgan fingerprint density at radius 1 is 0.917 bits per heavy atom. The zero-order chi connectivity index (χ0) is 25.9. The molecule has 4 amide bonds. The van der Waals surface area contributed by atoms with E-state index in [-0.39, 0.29) is 23.5 Å². The molecule has 2 fully saturated rings. The maximum atomic E-state index is 13.1. The van der Waals surface area contributed by atoms with Gasteiger partial charge in [0.2, 0.25) is 11.8 Å². The number of benzene rings is 2. The Bertz CT molecular complexity index is 1110. The quantitative estimate of drug-likeness (QED) is 0.580. The number of amides is 4. The first-order chi connectivity index (χ1) is 17.1. The van der Waals surface area contributed by atoms with Gasteiger partial charge >= 0.3 is 12.2 Å². The lowest BCUT2D eigenvalue weighted by molar-refractivity contribution is -0.137. The lowest BCUT2D eigenvalue weighted by atomic mass is 10.0. The maximum Gasteiger partial charge on any atom is 0.416 e. The summed E-state index contributed by atoms with van der Waals surface area (Å²) in [6.07, 6.45) is -2.44. The Morgan fingerprint density at radius 3 is 2.22 bits per heavy atom. The van der Waals surface area contributed by atoms with E-state index in [0.717, 1.165) is 55.2 Å². The number of rotatable bonds is 5. The van der Waals surface area contributed by atoms with E-state index in [2.05, 4.69) is 20.9 Å². The lowest BCUT2D eigenvalue weighted by Gasteiger charge is -2.33. The number of carbonyl (C=O) groups excluding carboxylic acids is 3. The van der Waals surface area contributed by atoms with Gasteiger partial charge in [-0.1, -0.05) is 0 Å². The molecule has 0 aromatic heterocycles. The second-order valence-electron chi connectivity index (χ2n) is 9.01. The minimum atomic E-state index is -4.46. The van der Waals surface area contributed by atoms with Gasteiger partial charge in [-0.15, -0.1) is 0 Å². The van der Waals surface area contributed by atoms with Crippen molar-refractivity contribution < 1.29 is 27.6 Å². The molecule has 2 aromatic rings. The van der Waals surface area contributed by atoms with Crippen molar-refractivity contribution in [2.24, 2.45) is 0 Å². The topological polar surface area (TPSA) is 93.8 Å². The predicted octanol–water partition coefficient (Wildman–Crippen LogP) is 3.74. The van der Waals surface area contributed by atoms with E-state index in [0.29, 0.717) is 19.4 Å². The van der Waals surface area contributed by atoms with Crippen LogP contribution in [0.15, 0.2) is 48.5 Å². The third-order valence-electron chi connectivity index (χ3n) is 6.34. The van der Waals surface area contributed by atoms with E-state index in [9.17, 15) is 27.6 Å². The maximum absolute atomic E-state index is 13.1. The number of halogens is 3. The molecule has 0 aliphatic carbocycles. The molecule has 36 heavy (non-hydrogen) atoms. The molecule has 0 unspecified atom stereocenters. The highest BCUT2D eigenvalue weighted by Crippen LogP contribution is 2.30. The van der Waals surface area contributed by atoms with Gasteiger partial charge in [0.15, 0.2) is 0 Å². The SMILES string of the molecule is CC(=O)N[C@@H]1CCN(c2ccc(N3CCC[C@@H](NC(=O)Nc4ccc(C(F)(F)F)cc4)C3=O)cc2)C1. The molecule has 11 heteroatoms. The van der Waals surface area contributed by atoms with Crippen LogP contribution in [0.5, 0.6) is 0 Å². The van der Waals surface area contributed by atoms with Gasteiger partial charge in [-0.25, -0.2) is 4.79 Å². The molecule has 2 saturated heterocycles. The fourth-order valence-electron chi connectivity index (χ4n) is 4.58. The Hall–Kier alpha value is -3.76. The smallest absolute Gasteiger partial charge is 0.369 e. The zero-order valence-electron chi connectivity index (χ0n) is 19.8. The van der Waals surface area contributed by atoms with Crippen LogP contribution in [0.25, 0.3) is 0 Å². The molecule has 2 aliphatic rings. The number of anilines is 3. The molecule has 0 saturated carbocycles. The summed E-state index contributed by atoms with van der Waals surface area (Å²) < 4.78 is 38.1. The molecule has 2 aliphatic heterocycles. The van der Waals surface area contributed by atoms with Crippen molar-refractivity contribution in [1.29, 1.82) is 0 Å². The van der Waals surface area contributed by atoms with E-state index in [4.69, 9.17) is 0 Å². The first-order valence-corrected chi connectivity index (χ1v) is 11.8. The molecule has 3 N–H and O–H groups in total. The number of carbonyl (C=O) groups is 3. The van der Waals surface area contributed by atoms with Crippen LogP contribution in [0.4, 0.5) is 35.0 Å². The van der Waals surface area contributed by atoms with E-state index in [1.807, 2.05) is 24.3 Å². The summed E-state index contributed by atoms with van der Waals surface area (Å²) in [6.45, 7) is 3.58.